The quantitative estimate of drug-likeness (QED) is 0.0169. The summed E-state index contributed by atoms with van der Waals surface area (Å²) in [5, 5.41) is 10.6. The van der Waals surface area contributed by atoms with Crippen molar-refractivity contribution >= 4 is 39.5 Å². The molecule has 0 fully saturated rings. The summed E-state index contributed by atoms with van der Waals surface area (Å²) in [4.78, 5) is 72.4. The van der Waals surface area contributed by atoms with Crippen LogP contribution in [0.4, 0.5) is 0 Å². The second-order valence-electron chi connectivity index (χ2n) is 25.8. The smallest absolute Gasteiger partial charge is 0.462 e. The average molecular weight is 1310 g/mol. The standard InChI is InChI=1S/C70H132O17P2/c1-8-10-11-12-13-14-15-16-17-18-22-25-28-37-44-51-67(72)80-57-66(87-70(75)54-47-40-33-31-36-43-50-63(7)9-2)60-85-89(78,79)83-56-64(71)55-82-88(76,77)84-59-65(58-81-68(73)52-45-38-32-30-35-42-49-62(5)6)86-69(74)53-46-39-29-26-23-20-19-21-24-27-34-41-48-61(3)4/h14-17,61-66,71H,8-13,18-60H2,1-7H3,(H,76,77)(H,78,79)/b15-14-,17-16-/t63?,64-,65+,66+/m0/s1. The number of phosphoric ester groups is 2. The molecule has 0 aromatic heterocycles. The highest BCUT2D eigenvalue weighted by atomic mass is 31.2. The Balaban J connectivity index is 5.25. The molecule has 89 heavy (non-hydrogen) atoms. The Morgan fingerprint density at radius 1 is 0.371 bits per heavy atom. The summed E-state index contributed by atoms with van der Waals surface area (Å²) in [6, 6.07) is 0. The Morgan fingerprint density at radius 3 is 1.00 bits per heavy atom. The fraction of sp³-hybridized carbons (Fsp3) is 0.886. The van der Waals surface area contributed by atoms with E-state index in [1.807, 2.05) is 0 Å². The van der Waals surface area contributed by atoms with E-state index in [4.69, 9.17) is 37.0 Å². The Kier molecular flexibility index (Phi) is 58.8. The Hall–Kier alpha value is -2.46. The van der Waals surface area contributed by atoms with Gasteiger partial charge in [0.2, 0.25) is 0 Å². The molecular formula is C70H132O17P2. The number of hydrogen-bond acceptors (Lipinski definition) is 15. The Bertz CT molecular complexity index is 1840. The van der Waals surface area contributed by atoms with E-state index in [0.29, 0.717) is 37.5 Å². The summed E-state index contributed by atoms with van der Waals surface area (Å²) >= 11 is 0. The second-order valence-corrected chi connectivity index (χ2v) is 28.7. The van der Waals surface area contributed by atoms with Gasteiger partial charge in [0, 0.05) is 25.7 Å². The van der Waals surface area contributed by atoms with Crippen LogP contribution in [0.1, 0.15) is 325 Å². The molecule has 0 aliphatic heterocycles. The largest absolute Gasteiger partial charge is 0.472 e. The van der Waals surface area contributed by atoms with Crippen molar-refractivity contribution < 1.29 is 80.2 Å². The maximum atomic E-state index is 13.0. The van der Waals surface area contributed by atoms with Gasteiger partial charge in [0.25, 0.3) is 0 Å². The maximum Gasteiger partial charge on any atom is 0.472 e. The molecule has 0 saturated heterocycles. The lowest BCUT2D eigenvalue weighted by molar-refractivity contribution is -0.161. The van der Waals surface area contributed by atoms with Crippen molar-refractivity contribution in [2.45, 2.75) is 343 Å². The molecule has 0 rings (SSSR count). The normalized spacial score (nSPS) is 14.7. The van der Waals surface area contributed by atoms with E-state index in [9.17, 15) is 43.2 Å². The first kappa shape index (κ1) is 86.5. The van der Waals surface area contributed by atoms with Gasteiger partial charge in [-0.15, -0.1) is 0 Å². The highest BCUT2D eigenvalue weighted by molar-refractivity contribution is 7.47. The van der Waals surface area contributed by atoms with E-state index in [0.717, 1.165) is 121 Å². The van der Waals surface area contributed by atoms with Crippen molar-refractivity contribution in [2.24, 2.45) is 17.8 Å². The van der Waals surface area contributed by atoms with Gasteiger partial charge in [-0.2, -0.15) is 0 Å². The van der Waals surface area contributed by atoms with Crippen molar-refractivity contribution in [2.75, 3.05) is 39.6 Å². The summed E-state index contributed by atoms with van der Waals surface area (Å²) in [7, 11) is -9.91. The fourth-order valence-corrected chi connectivity index (χ4v) is 11.5. The van der Waals surface area contributed by atoms with E-state index in [1.54, 1.807) is 0 Å². The van der Waals surface area contributed by atoms with Crippen molar-refractivity contribution in [3.63, 3.8) is 0 Å². The van der Waals surface area contributed by atoms with Gasteiger partial charge in [-0.05, 0) is 69.1 Å². The zero-order chi connectivity index (χ0) is 65.9. The summed E-state index contributed by atoms with van der Waals surface area (Å²) < 4.78 is 68.2. The van der Waals surface area contributed by atoms with E-state index < -0.39 is 97.5 Å². The molecule has 19 heteroatoms. The molecule has 6 atom stereocenters. The minimum atomic E-state index is -4.96. The number of phosphoric acid groups is 2. The summed E-state index contributed by atoms with van der Waals surface area (Å²) in [5.74, 6) is 0.00755. The molecule has 17 nitrogen and oxygen atoms in total. The molecule has 0 radical (unpaired) electrons. The number of ether oxygens (including phenoxy) is 4. The minimum absolute atomic E-state index is 0.0956. The third-order valence-electron chi connectivity index (χ3n) is 15.9. The first-order chi connectivity index (χ1) is 42.8. The number of esters is 4. The second kappa shape index (κ2) is 60.5. The average Bonchev–Trinajstić information content (AvgIpc) is 3.53. The van der Waals surface area contributed by atoms with Crippen LogP contribution >= 0.6 is 15.6 Å². The molecule has 0 aliphatic rings. The van der Waals surface area contributed by atoms with Crippen molar-refractivity contribution in [1.29, 1.82) is 0 Å². The summed E-state index contributed by atoms with van der Waals surface area (Å²) in [5.41, 5.74) is 0. The van der Waals surface area contributed by atoms with Crippen LogP contribution in [0.15, 0.2) is 24.3 Å². The van der Waals surface area contributed by atoms with E-state index in [2.05, 4.69) is 72.8 Å². The number of hydrogen-bond donors (Lipinski definition) is 3. The molecule has 0 heterocycles. The van der Waals surface area contributed by atoms with Crippen LogP contribution < -0.4 is 0 Å². The number of allylic oxidation sites excluding steroid dienone is 4. The molecular weight excluding hydrogens is 1170 g/mol. The number of aliphatic hydroxyl groups excluding tert-OH is 1. The number of carbonyl (C=O) groups excluding carboxylic acids is 4. The number of carbonyl (C=O) groups is 4. The van der Waals surface area contributed by atoms with Crippen LogP contribution in [0, 0.1) is 17.8 Å². The van der Waals surface area contributed by atoms with Gasteiger partial charge in [0.15, 0.2) is 12.2 Å². The minimum Gasteiger partial charge on any atom is -0.462 e. The van der Waals surface area contributed by atoms with Gasteiger partial charge in [0.1, 0.15) is 19.3 Å². The van der Waals surface area contributed by atoms with Crippen molar-refractivity contribution in [1.82, 2.24) is 0 Å². The molecule has 0 aromatic rings. The van der Waals surface area contributed by atoms with Gasteiger partial charge in [0.05, 0.1) is 26.4 Å². The predicted octanol–water partition coefficient (Wildman–Crippen LogP) is 19.4. The van der Waals surface area contributed by atoms with E-state index in [-0.39, 0.29) is 25.7 Å². The lowest BCUT2D eigenvalue weighted by atomic mass is 10.00. The third kappa shape index (κ3) is 62.7. The Morgan fingerprint density at radius 2 is 0.663 bits per heavy atom. The Labute approximate surface area is 542 Å². The van der Waals surface area contributed by atoms with Crippen molar-refractivity contribution in [3.05, 3.63) is 24.3 Å². The molecule has 0 amide bonds. The van der Waals surface area contributed by atoms with Crippen LogP contribution in [0.25, 0.3) is 0 Å². The first-order valence-electron chi connectivity index (χ1n) is 35.7. The van der Waals surface area contributed by atoms with Gasteiger partial charge >= 0.3 is 39.5 Å². The first-order valence-corrected chi connectivity index (χ1v) is 38.7. The third-order valence-corrected chi connectivity index (χ3v) is 17.8. The molecule has 0 aromatic carbocycles. The molecule has 0 spiro atoms. The van der Waals surface area contributed by atoms with E-state index >= 15 is 0 Å². The summed E-state index contributed by atoms with van der Waals surface area (Å²) in [6.45, 7) is 11.7. The van der Waals surface area contributed by atoms with Gasteiger partial charge in [-0.1, -0.05) is 272 Å². The fourth-order valence-electron chi connectivity index (χ4n) is 9.97. The molecule has 3 unspecified atom stereocenters. The zero-order valence-corrected chi connectivity index (χ0v) is 59.2. The van der Waals surface area contributed by atoms with Crippen molar-refractivity contribution in [3.8, 4) is 0 Å². The monoisotopic (exact) mass is 1310 g/mol. The highest BCUT2D eigenvalue weighted by Gasteiger charge is 2.30. The summed E-state index contributed by atoms with van der Waals surface area (Å²) in [6.07, 6.45) is 46.8. The van der Waals surface area contributed by atoms with Crippen LogP contribution in [0.3, 0.4) is 0 Å². The zero-order valence-electron chi connectivity index (χ0n) is 57.4. The lowest BCUT2D eigenvalue weighted by Gasteiger charge is -2.21. The predicted molar refractivity (Wildman–Crippen MR) is 358 cm³/mol. The number of unbranched alkanes of at least 4 members (excludes halogenated alkanes) is 30. The SMILES string of the molecule is CCCCCC/C=C\C=C/CCCCCCCC(=O)OC[C@H](COP(=O)(O)OC[C@@H](O)COP(=O)(O)OC[C@@H](COC(=O)CCCCCCCCC(C)C)OC(=O)CCCCCCCCCCCCCCC(C)C)OC(=O)CCCCCCCCC(C)CC. The van der Waals surface area contributed by atoms with Crippen LogP contribution in [0.5, 0.6) is 0 Å². The molecule has 3 N–H and O–H groups in total. The van der Waals surface area contributed by atoms with Crippen LogP contribution in [-0.4, -0.2) is 96.7 Å². The van der Waals surface area contributed by atoms with Gasteiger partial charge < -0.3 is 33.8 Å². The van der Waals surface area contributed by atoms with E-state index in [1.165, 1.54) is 109 Å². The topological polar surface area (TPSA) is 237 Å². The highest BCUT2D eigenvalue weighted by Crippen LogP contribution is 2.45. The number of rotatable bonds is 66. The number of aliphatic hydroxyl groups is 1. The molecule has 0 bridgehead atoms. The maximum absolute atomic E-state index is 13.0. The van der Waals surface area contributed by atoms with Gasteiger partial charge in [-0.25, -0.2) is 9.13 Å². The molecule has 524 valence electrons. The molecule has 0 aliphatic carbocycles. The van der Waals surface area contributed by atoms with Crippen LogP contribution in [0.2, 0.25) is 0 Å². The van der Waals surface area contributed by atoms with Gasteiger partial charge in [-0.3, -0.25) is 37.3 Å². The van der Waals surface area contributed by atoms with Crippen LogP contribution in [-0.2, 0) is 65.4 Å². The lowest BCUT2D eigenvalue weighted by Crippen LogP contribution is -2.30. The molecule has 0 saturated carbocycles.